The van der Waals surface area contributed by atoms with Gasteiger partial charge in [-0.05, 0) is 62.3 Å². The number of amides is 2. The Morgan fingerprint density at radius 3 is 2.66 bits per heavy atom. The number of hydrogen-bond donors (Lipinski definition) is 3. The van der Waals surface area contributed by atoms with E-state index in [4.69, 9.17) is 9.47 Å². The summed E-state index contributed by atoms with van der Waals surface area (Å²) in [6, 6.07) is 10.8. The Hall–Kier alpha value is -3.01. The molecule has 8 nitrogen and oxygen atoms in total. The Balaban J connectivity index is 1.20. The Kier molecular flexibility index (Phi) is 8.26. The van der Waals surface area contributed by atoms with Gasteiger partial charge >= 0.3 is 0 Å². The zero-order valence-electron chi connectivity index (χ0n) is 21.7. The fraction of sp³-hybridized carbons (Fsp3) is 0.517. The molecule has 3 N–H and O–H groups in total. The number of benzene rings is 2. The number of ether oxygens (including phenoxy) is 2. The smallest absolute Gasteiger partial charge is 0.257 e. The van der Waals surface area contributed by atoms with Crippen LogP contribution in [0, 0.1) is 5.82 Å². The van der Waals surface area contributed by atoms with Crippen LogP contribution in [0.1, 0.15) is 58.0 Å². The summed E-state index contributed by atoms with van der Waals surface area (Å²) in [5.74, 6) is -1.61. The zero-order valence-corrected chi connectivity index (χ0v) is 21.7. The van der Waals surface area contributed by atoms with E-state index < -0.39 is 23.7 Å². The third kappa shape index (κ3) is 5.85. The van der Waals surface area contributed by atoms with Gasteiger partial charge < -0.3 is 30.1 Å². The molecule has 0 spiro atoms. The Morgan fingerprint density at radius 1 is 1.16 bits per heavy atom. The van der Waals surface area contributed by atoms with Gasteiger partial charge in [0.15, 0.2) is 0 Å². The molecule has 3 heterocycles. The van der Waals surface area contributed by atoms with Crippen molar-refractivity contribution >= 4 is 11.8 Å². The second-order valence-electron chi connectivity index (χ2n) is 10.4. The van der Waals surface area contributed by atoms with Gasteiger partial charge in [-0.25, -0.2) is 4.39 Å². The summed E-state index contributed by atoms with van der Waals surface area (Å²) in [7, 11) is 0. The fourth-order valence-electron chi connectivity index (χ4n) is 5.71. The van der Waals surface area contributed by atoms with Crippen LogP contribution in [0.2, 0.25) is 0 Å². The van der Waals surface area contributed by atoms with Crippen molar-refractivity contribution in [2.45, 2.75) is 63.3 Å². The molecule has 6 rings (SSSR count). The number of rotatable bonds is 9. The van der Waals surface area contributed by atoms with Gasteiger partial charge in [0.1, 0.15) is 11.6 Å². The predicted octanol–water partition coefficient (Wildman–Crippen LogP) is 2.47. The molecule has 2 bridgehead atoms. The molecule has 38 heavy (non-hydrogen) atoms. The van der Waals surface area contributed by atoms with Crippen molar-refractivity contribution in [1.29, 1.82) is 0 Å². The average molecular weight is 526 g/mol. The van der Waals surface area contributed by atoms with E-state index >= 15 is 4.39 Å². The molecule has 3 aliphatic heterocycles. The number of hydrogen-bond acceptors (Lipinski definition) is 6. The highest BCUT2D eigenvalue weighted by molar-refractivity contribution is 6.00. The second-order valence-corrected chi connectivity index (χ2v) is 10.4. The third-order valence-corrected chi connectivity index (χ3v) is 7.73. The van der Waals surface area contributed by atoms with E-state index in [-0.39, 0.29) is 48.2 Å². The Morgan fingerprint density at radius 2 is 1.92 bits per heavy atom. The molecule has 204 valence electrons. The van der Waals surface area contributed by atoms with E-state index in [2.05, 4.69) is 22.8 Å². The summed E-state index contributed by atoms with van der Waals surface area (Å²) in [5, 5.41) is 16.5. The first kappa shape index (κ1) is 26.6. The van der Waals surface area contributed by atoms with Crippen molar-refractivity contribution in [3.05, 3.63) is 64.5 Å². The molecule has 0 radical (unpaired) electrons. The first-order chi connectivity index (χ1) is 18.4. The molecule has 1 aliphatic carbocycles. The minimum absolute atomic E-state index is 0.00376. The van der Waals surface area contributed by atoms with Crippen molar-refractivity contribution in [3.63, 3.8) is 0 Å². The number of nitrogens with zero attached hydrogens (tertiary/aromatic N) is 1. The van der Waals surface area contributed by atoms with Crippen LogP contribution in [0.25, 0.3) is 0 Å². The SMILES string of the molecule is CCOc1cc(C(=O)N2CC3CCCC2CO3)c(F)cc1C(=O)NC[C@@H](O)CNC1Cc2ccccc2C1. The van der Waals surface area contributed by atoms with Crippen molar-refractivity contribution in [2.24, 2.45) is 0 Å². The van der Waals surface area contributed by atoms with Gasteiger partial charge in [0.05, 0.1) is 42.6 Å². The van der Waals surface area contributed by atoms with Gasteiger partial charge in [-0.1, -0.05) is 24.3 Å². The van der Waals surface area contributed by atoms with Crippen molar-refractivity contribution < 1.29 is 28.6 Å². The van der Waals surface area contributed by atoms with E-state index in [1.54, 1.807) is 11.8 Å². The van der Waals surface area contributed by atoms with E-state index in [9.17, 15) is 14.7 Å². The second kappa shape index (κ2) is 11.8. The van der Waals surface area contributed by atoms with Crippen LogP contribution < -0.4 is 15.4 Å². The normalized spacial score (nSPS) is 21.6. The monoisotopic (exact) mass is 525 g/mol. The Bertz CT molecular complexity index is 1150. The van der Waals surface area contributed by atoms with Crippen LogP contribution in [0.5, 0.6) is 5.75 Å². The lowest BCUT2D eigenvalue weighted by molar-refractivity contribution is -0.0394. The molecule has 4 aliphatic rings. The van der Waals surface area contributed by atoms with Crippen LogP contribution in [-0.4, -0.2) is 79.0 Å². The van der Waals surface area contributed by atoms with Crippen LogP contribution in [0.15, 0.2) is 36.4 Å². The summed E-state index contributed by atoms with van der Waals surface area (Å²) < 4.78 is 26.6. The van der Waals surface area contributed by atoms with E-state index in [0.29, 0.717) is 19.7 Å². The number of aliphatic hydroxyl groups excluding tert-OH is 1. The average Bonchev–Trinajstić information content (AvgIpc) is 3.06. The number of aliphatic hydroxyl groups is 1. The maximum absolute atomic E-state index is 15.2. The molecule has 3 fully saturated rings. The quantitative estimate of drug-likeness (QED) is 0.465. The highest BCUT2D eigenvalue weighted by Crippen LogP contribution is 2.30. The summed E-state index contributed by atoms with van der Waals surface area (Å²) in [5.41, 5.74) is 2.51. The topological polar surface area (TPSA) is 100 Å². The number of morpholine rings is 1. The first-order valence-electron chi connectivity index (χ1n) is 13.6. The highest BCUT2D eigenvalue weighted by atomic mass is 19.1. The Labute approximate surface area is 222 Å². The largest absolute Gasteiger partial charge is 0.493 e. The third-order valence-electron chi connectivity index (χ3n) is 7.73. The van der Waals surface area contributed by atoms with Crippen molar-refractivity contribution in [1.82, 2.24) is 15.5 Å². The van der Waals surface area contributed by atoms with Crippen LogP contribution in [0.3, 0.4) is 0 Å². The summed E-state index contributed by atoms with van der Waals surface area (Å²) in [6.45, 7) is 3.22. The lowest BCUT2D eigenvalue weighted by atomic mass is 10.1. The van der Waals surface area contributed by atoms with Gasteiger partial charge in [0.25, 0.3) is 11.8 Å². The minimum Gasteiger partial charge on any atom is -0.493 e. The number of fused-ring (bicyclic) bond motifs is 5. The van der Waals surface area contributed by atoms with Crippen molar-refractivity contribution in [3.8, 4) is 5.75 Å². The van der Waals surface area contributed by atoms with Crippen LogP contribution >= 0.6 is 0 Å². The maximum atomic E-state index is 15.2. The molecular formula is C29H36FN3O5. The number of halogens is 1. The molecule has 2 amide bonds. The van der Waals surface area contributed by atoms with E-state index in [1.807, 2.05) is 12.1 Å². The highest BCUT2D eigenvalue weighted by Gasteiger charge is 2.36. The lowest BCUT2D eigenvalue weighted by Crippen LogP contribution is -2.50. The zero-order chi connectivity index (χ0) is 26.6. The number of nitrogens with one attached hydrogen (secondary N) is 2. The minimum atomic E-state index is -0.815. The van der Waals surface area contributed by atoms with Gasteiger partial charge in [0.2, 0.25) is 0 Å². The summed E-state index contributed by atoms with van der Waals surface area (Å²) in [4.78, 5) is 27.9. The molecule has 0 aromatic heterocycles. The van der Waals surface area contributed by atoms with Crippen LogP contribution in [-0.2, 0) is 17.6 Å². The molecular weight excluding hydrogens is 489 g/mol. The predicted molar refractivity (Wildman–Crippen MR) is 140 cm³/mol. The maximum Gasteiger partial charge on any atom is 0.257 e. The molecule has 2 aromatic carbocycles. The molecule has 2 unspecified atom stereocenters. The van der Waals surface area contributed by atoms with Gasteiger partial charge in [-0.15, -0.1) is 0 Å². The summed E-state index contributed by atoms with van der Waals surface area (Å²) >= 11 is 0. The van der Waals surface area contributed by atoms with Crippen LogP contribution in [0.4, 0.5) is 4.39 Å². The molecule has 9 heteroatoms. The number of carbonyl (C=O) groups is 2. The number of carbonyl (C=O) groups excluding carboxylic acids is 2. The van der Waals surface area contributed by atoms with E-state index in [1.165, 1.54) is 17.2 Å². The first-order valence-corrected chi connectivity index (χ1v) is 13.6. The fourth-order valence-corrected chi connectivity index (χ4v) is 5.71. The molecule has 0 saturated carbocycles. The van der Waals surface area contributed by atoms with Gasteiger partial charge in [0, 0.05) is 25.7 Å². The summed E-state index contributed by atoms with van der Waals surface area (Å²) in [6.07, 6.45) is 3.66. The lowest BCUT2D eigenvalue weighted by Gasteiger charge is -2.36. The molecule has 3 atom stereocenters. The van der Waals surface area contributed by atoms with Crippen molar-refractivity contribution in [2.75, 3.05) is 32.8 Å². The molecule has 3 saturated heterocycles. The van der Waals surface area contributed by atoms with Gasteiger partial charge in [-0.2, -0.15) is 0 Å². The molecule has 2 aromatic rings. The van der Waals surface area contributed by atoms with E-state index in [0.717, 1.165) is 38.2 Å². The van der Waals surface area contributed by atoms with Gasteiger partial charge in [-0.3, -0.25) is 9.59 Å². The standard InChI is InChI=1S/C29H36FN3O5/c1-2-37-27-13-24(29(36)33-16-23-9-5-8-21(33)17-38-23)26(30)12-25(27)28(35)32-15-22(34)14-31-20-10-18-6-3-4-7-19(18)11-20/h3-4,6-7,12-13,20-23,31,34H,2,5,8-11,14-17H2,1H3,(H,32,35)/t21?,22-,23?/m0/s1.